The van der Waals surface area contributed by atoms with Crippen LogP contribution in [0.4, 0.5) is 5.69 Å². The molecule has 3 rings (SSSR count). The third kappa shape index (κ3) is 3.22. The summed E-state index contributed by atoms with van der Waals surface area (Å²) in [5.74, 6) is -0.775. The highest BCUT2D eigenvalue weighted by molar-refractivity contribution is 6.01. The molecule has 2 aromatic rings. The van der Waals surface area contributed by atoms with Gasteiger partial charge in [0, 0.05) is 37.5 Å². The smallest absolute Gasteiger partial charge is 0.355 e. The molecular weight excluding hydrogens is 308 g/mol. The largest absolute Gasteiger partial charge is 0.453 e. The van der Waals surface area contributed by atoms with Crippen LogP contribution in [0.15, 0.2) is 42.6 Å². The van der Waals surface area contributed by atoms with E-state index in [9.17, 15) is 14.4 Å². The van der Waals surface area contributed by atoms with Gasteiger partial charge in [-0.3, -0.25) is 9.59 Å². The number of esters is 1. The van der Waals surface area contributed by atoms with E-state index in [-0.39, 0.29) is 18.3 Å². The van der Waals surface area contributed by atoms with Crippen molar-refractivity contribution in [2.24, 2.45) is 7.05 Å². The quantitative estimate of drug-likeness (QED) is 0.624. The van der Waals surface area contributed by atoms with Crippen LogP contribution in [0, 0.1) is 0 Å². The van der Waals surface area contributed by atoms with E-state index in [0.29, 0.717) is 29.9 Å². The first-order valence-corrected chi connectivity index (χ1v) is 7.78. The van der Waals surface area contributed by atoms with Gasteiger partial charge in [-0.2, -0.15) is 0 Å². The summed E-state index contributed by atoms with van der Waals surface area (Å²) in [7, 11) is 1.73. The fourth-order valence-corrected chi connectivity index (χ4v) is 2.73. The number of ether oxygens (including phenoxy) is 1. The fraction of sp³-hybridized carbons (Fsp3) is 0.278. The van der Waals surface area contributed by atoms with E-state index < -0.39 is 5.97 Å². The van der Waals surface area contributed by atoms with Crippen LogP contribution >= 0.6 is 0 Å². The predicted octanol–water partition coefficient (Wildman–Crippen LogP) is 2.19. The summed E-state index contributed by atoms with van der Waals surface area (Å²) < 4.78 is 6.71. The van der Waals surface area contributed by atoms with E-state index in [1.807, 2.05) is 0 Å². The van der Waals surface area contributed by atoms with Crippen molar-refractivity contribution in [2.45, 2.75) is 12.8 Å². The standard InChI is InChI=1S/C18H18N2O4/c1-19-9-3-7-15(19)18(23)24-12-16(21)13-5-2-6-14(11-13)20-10-4-8-17(20)22/h2-3,5-7,9,11H,4,8,10,12H2,1H3. The van der Waals surface area contributed by atoms with E-state index in [2.05, 4.69) is 0 Å². The first-order valence-electron chi connectivity index (χ1n) is 7.78. The Morgan fingerprint density at radius 3 is 2.71 bits per heavy atom. The summed E-state index contributed by atoms with van der Waals surface area (Å²) in [6.07, 6.45) is 3.09. The number of nitrogens with zero attached hydrogens (tertiary/aromatic N) is 2. The van der Waals surface area contributed by atoms with E-state index in [4.69, 9.17) is 4.74 Å². The van der Waals surface area contributed by atoms with Crippen molar-refractivity contribution in [3.8, 4) is 0 Å². The molecule has 24 heavy (non-hydrogen) atoms. The highest BCUT2D eigenvalue weighted by atomic mass is 16.5. The first-order chi connectivity index (χ1) is 11.6. The maximum Gasteiger partial charge on any atom is 0.355 e. The Labute approximate surface area is 139 Å². The molecule has 1 amide bonds. The lowest BCUT2D eigenvalue weighted by Gasteiger charge is -2.16. The molecule has 2 heterocycles. The van der Waals surface area contributed by atoms with E-state index in [1.165, 1.54) is 0 Å². The molecule has 1 aliphatic heterocycles. The molecule has 1 aromatic carbocycles. The van der Waals surface area contributed by atoms with Crippen LogP contribution in [0.2, 0.25) is 0 Å². The monoisotopic (exact) mass is 326 g/mol. The van der Waals surface area contributed by atoms with Gasteiger partial charge in [-0.25, -0.2) is 4.79 Å². The minimum atomic E-state index is -0.540. The van der Waals surface area contributed by atoms with Crippen molar-refractivity contribution in [2.75, 3.05) is 18.1 Å². The van der Waals surface area contributed by atoms with Crippen LogP contribution in [-0.2, 0) is 16.6 Å². The molecule has 0 saturated carbocycles. The number of aryl methyl sites for hydroxylation is 1. The van der Waals surface area contributed by atoms with Gasteiger partial charge in [0.15, 0.2) is 12.4 Å². The molecule has 0 N–H and O–H groups in total. The number of hydrogen-bond donors (Lipinski definition) is 0. The molecular formula is C18H18N2O4. The van der Waals surface area contributed by atoms with Crippen molar-refractivity contribution in [1.29, 1.82) is 0 Å². The summed E-state index contributed by atoms with van der Waals surface area (Å²) in [5, 5.41) is 0. The fourth-order valence-electron chi connectivity index (χ4n) is 2.73. The van der Waals surface area contributed by atoms with Gasteiger partial charge in [-0.15, -0.1) is 0 Å². The number of benzene rings is 1. The van der Waals surface area contributed by atoms with Gasteiger partial charge in [-0.05, 0) is 30.7 Å². The molecule has 1 fully saturated rings. The molecule has 0 bridgehead atoms. The highest BCUT2D eigenvalue weighted by Crippen LogP contribution is 2.22. The number of rotatable bonds is 5. The van der Waals surface area contributed by atoms with Crippen molar-refractivity contribution in [3.63, 3.8) is 0 Å². The Bertz CT molecular complexity index is 794. The number of hydrogen-bond acceptors (Lipinski definition) is 4. The summed E-state index contributed by atoms with van der Waals surface area (Å²) in [6.45, 7) is 0.334. The van der Waals surface area contributed by atoms with Crippen LogP contribution in [0.5, 0.6) is 0 Å². The van der Waals surface area contributed by atoms with Crippen LogP contribution in [0.1, 0.15) is 33.7 Å². The molecule has 1 aliphatic rings. The van der Waals surface area contributed by atoms with E-state index in [0.717, 1.165) is 6.42 Å². The van der Waals surface area contributed by atoms with Crippen molar-refractivity contribution >= 4 is 23.3 Å². The zero-order valence-electron chi connectivity index (χ0n) is 13.4. The SMILES string of the molecule is Cn1cccc1C(=O)OCC(=O)c1cccc(N2CCCC2=O)c1. The molecule has 0 radical (unpaired) electrons. The third-order valence-corrected chi connectivity index (χ3v) is 4.04. The van der Waals surface area contributed by atoms with Crippen LogP contribution < -0.4 is 4.90 Å². The lowest BCUT2D eigenvalue weighted by Crippen LogP contribution is -2.24. The van der Waals surface area contributed by atoms with Gasteiger partial charge in [0.1, 0.15) is 5.69 Å². The number of carbonyl (C=O) groups excluding carboxylic acids is 3. The number of amides is 1. The molecule has 124 valence electrons. The summed E-state index contributed by atoms with van der Waals surface area (Å²) in [4.78, 5) is 37.7. The topological polar surface area (TPSA) is 68.6 Å². The molecule has 0 atom stereocenters. The Kier molecular flexibility index (Phi) is 4.46. The Hall–Kier alpha value is -2.89. The van der Waals surface area contributed by atoms with Gasteiger partial charge in [0.25, 0.3) is 0 Å². The Morgan fingerprint density at radius 2 is 2.04 bits per heavy atom. The van der Waals surface area contributed by atoms with Crippen LogP contribution in [-0.4, -0.2) is 35.4 Å². The minimum absolute atomic E-state index is 0.0646. The second-order valence-corrected chi connectivity index (χ2v) is 5.70. The van der Waals surface area contributed by atoms with Crippen molar-refractivity contribution in [3.05, 3.63) is 53.9 Å². The number of aromatic nitrogens is 1. The lowest BCUT2D eigenvalue weighted by molar-refractivity contribution is -0.117. The van der Waals surface area contributed by atoms with Crippen LogP contribution in [0.25, 0.3) is 0 Å². The highest BCUT2D eigenvalue weighted by Gasteiger charge is 2.22. The van der Waals surface area contributed by atoms with Gasteiger partial charge < -0.3 is 14.2 Å². The predicted molar refractivity (Wildman–Crippen MR) is 88.1 cm³/mol. The van der Waals surface area contributed by atoms with Gasteiger partial charge in [0.05, 0.1) is 0 Å². The second-order valence-electron chi connectivity index (χ2n) is 5.70. The molecule has 6 heteroatoms. The first kappa shape index (κ1) is 16.0. The van der Waals surface area contributed by atoms with Crippen LogP contribution in [0.3, 0.4) is 0 Å². The molecule has 1 saturated heterocycles. The van der Waals surface area contributed by atoms with E-state index in [1.54, 1.807) is 59.1 Å². The summed E-state index contributed by atoms with van der Waals surface area (Å²) in [5.41, 5.74) is 1.52. The minimum Gasteiger partial charge on any atom is -0.453 e. The maximum absolute atomic E-state index is 12.3. The van der Waals surface area contributed by atoms with Gasteiger partial charge in [0.2, 0.25) is 5.91 Å². The number of anilines is 1. The number of Topliss-reactive ketones (excluding diaryl/α,β-unsaturated/α-hetero) is 1. The van der Waals surface area contributed by atoms with Crippen molar-refractivity contribution < 1.29 is 19.1 Å². The molecule has 1 aromatic heterocycles. The van der Waals surface area contributed by atoms with Gasteiger partial charge in [-0.1, -0.05) is 12.1 Å². The maximum atomic E-state index is 12.3. The second kappa shape index (κ2) is 6.70. The normalized spacial score (nSPS) is 14.0. The average Bonchev–Trinajstić information content (AvgIpc) is 3.20. The zero-order valence-corrected chi connectivity index (χ0v) is 13.4. The van der Waals surface area contributed by atoms with Gasteiger partial charge >= 0.3 is 5.97 Å². The molecule has 0 unspecified atom stereocenters. The summed E-state index contributed by atoms with van der Waals surface area (Å²) >= 11 is 0. The Balaban J connectivity index is 1.66. The molecule has 0 spiro atoms. The third-order valence-electron chi connectivity index (χ3n) is 4.04. The number of ketones is 1. The lowest BCUT2D eigenvalue weighted by atomic mass is 10.1. The number of carbonyl (C=O) groups is 3. The molecule has 6 nitrogen and oxygen atoms in total. The summed E-state index contributed by atoms with van der Waals surface area (Å²) in [6, 6.07) is 10.2. The Morgan fingerprint density at radius 1 is 1.21 bits per heavy atom. The van der Waals surface area contributed by atoms with Crippen molar-refractivity contribution in [1.82, 2.24) is 4.57 Å². The molecule has 0 aliphatic carbocycles. The van der Waals surface area contributed by atoms with E-state index >= 15 is 0 Å². The average molecular weight is 326 g/mol. The zero-order chi connectivity index (χ0) is 17.1.